The molecule has 1 saturated carbocycles. The van der Waals surface area contributed by atoms with E-state index < -0.39 is 0 Å². The standard InChI is InChI=1S/C15H24N2O/c1-2-3-4-5-15(18)17-10-8-14(9-11-17)16-12-13-6-7-13/h2-5,13-14,16H,6-12H2,1H3. The first kappa shape index (κ1) is 13.3. The van der Waals surface area contributed by atoms with E-state index in [9.17, 15) is 4.79 Å². The number of carbonyl (C=O) groups is 1. The van der Waals surface area contributed by atoms with Crippen LogP contribution in [0.25, 0.3) is 0 Å². The summed E-state index contributed by atoms with van der Waals surface area (Å²) in [6.07, 6.45) is 12.3. The van der Waals surface area contributed by atoms with Gasteiger partial charge in [-0.1, -0.05) is 18.2 Å². The number of hydrogen-bond donors (Lipinski definition) is 1. The Kier molecular flexibility index (Phi) is 5.00. The van der Waals surface area contributed by atoms with Crippen molar-refractivity contribution in [2.45, 2.75) is 38.6 Å². The second-order valence-corrected chi connectivity index (χ2v) is 5.34. The second kappa shape index (κ2) is 6.74. The molecule has 0 spiro atoms. The molecule has 100 valence electrons. The van der Waals surface area contributed by atoms with E-state index in [2.05, 4.69) is 5.32 Å². The minimum atomic E-state index is 0.147. The zero-order valence-electron chi connectivity index (χ0n) is 11.3. The van der Waals surface area contributed by atoms with Crippen molar-refractivity contribution >= 4 is 5.91 Å². The fraction of sp³-hybridized carbons (Fsp3) is 0.667. The molecule has 0 unspecified atom stereocenters. The fourth-order valence-electron chi connectivity index (χ4n) is 2.31. The highest BCUT2D eigenvalue weighted by Gasteiger charge is 2.25. The number of carbonyl (C=O) groups excluding carboxylic acids is 1. The van der Waals surface area contributed by atoms with E-state index in [-0.39, 0.29) is 5.91 Å². The quantitative estimate of drug-likeness (QED) is 0.597. The number of nitrogens with zero attached hydrogens (tertiary/aromatic N) is 1. The molecule has 1 amide bonds. The van der Waals surface area contributed by atoms with Crippen molar-refractivity contribution in [3.05, 3.63) is 24.3 Å². The first-order valence-corrected chi connectivity index (χ1v) is 7.11. The van der Waals surface area contributed by atoms with Crippen LogP contribution in [0.5, 0.6) is 0 Å². The van der Waals surface area contributed by atoms with Crippen molar-refractivity contribution in [3.63, 3.8) is 0 Å². The molecule has 1 saturated heterocycles. The zero-order chi connectivity index (χ0) is 12.8. The van der Waals surface area contributed by atoms with Crippen LogP contribution >= 0.6 is 0 Å². The Balaban J connectivity index is 1.66. The summed E-state index contributed by atoms with van der Waals surface area (Å²) in [6, 6.07) is 0.620. The summed E-state index contributed by atoms with van der Waals surface area (Å²) in [5.41, 5.74) is 0. The summed E-state index contributed by atoms with van der Waals surface area (Å²) in [7, 11) is 0. The minimum Gasteiger partial charge on any atom is -0.339 e. The van der Waals surface area contributed by atoms with Gasteiger partial charge in [-0.05, 0) is 45.1 Å². The summed E-state index contributed by atoms with van der Waals surface area (Å²) in [5.74, 6) is 1.09. The number of nitrogens with one attached hydrogen (secondary N) is 1. The van der Waals surface area contributed by atoms with Crippen molar-refractivity contribution < 1.29 is 4.79 Å². The van der Waals surface area contributed by atoms with Crippen molar-refractivity contribution in [1.29, 1.82) is 0 Å². The van der Waals surface area contributed by atoms with Gasteiger partial charge >= 0.3 is 0 Å². The van der Waals surface area contributed by atoms with Gasteiger partial charge in [0.1, 0.15) is 0 Å². The Morgan fingerprint density at radius 2 is 1.94 bits per heavy atom. The Bertz CT molecular complexity index is 323. The minimum absolute atomic E-state index is 0.147. The maximum atomic E-state index is 11.8. The highest BCUT2D eigenvalue weighted by molar-refractivity contribution is 5.87. The van der Waals surface area contributed by atoms with Gasteiger partial charge in [0.15, 0.2) is 0 Å². The van der Waals surface area contributed by atoms with E-state index >= 15 is 0 Å². The lowest BCUT2D eigenvalue weighted by Crippen LogP contribution is -2.44. The molecule has 1 N–H and O–H groups in total. The van der Waals surface area contributed by atoms with Gasteiger partial charge in [-0.25, -0.2) is 0 Å². The van der Waals surface area contributed by atoms with Crippen LogP contribution in [0.4, 0.5) is 0 Å². The number of hydrogen-bond acceptors (Lipinski definition) is 2. The predicted molar refractivity (Wildman–Crippen MR) is 74.3 cm³/mol. The van der Waals surface area contributed by atoms with Crippen LogP contribution in [0, 0.1) is 5.92 Å². The Hall–Kier alpha value is -1.09. The lowest BCUT2D eigenvalue weighted by atomic mass is 10.0. The first-order chi connectivity index (χ1) is 8.79. The first-order valence-electron chi connectivity index (χ1n) is 7.11. The molecule has 0 aromatic heterocycles. The van der Waals surface area contributed by atoms with E-state index in [0.717, 1.165) is 31.8 Å². The third kappa shape index (κ3) is 4.30. The van der Waals surface area contributed by atoms with Crippen molar-refractivity contribution in [2.75, 3.05) is 19.6 Å². The average molecular weight is 248 g/mol. The monoisotopic (exact) mass is 248 g/mol. The SMILES string of the molecule is CC=CC=CC(=O)N1CCC(NCC2CC2)CC1. The van der Waals surface area contributed by atoms with Crippen molar-refractivity contribution in [3.8, 4) is 0 Å². The van der Waals surface area contributed by atoms with Gasteiger partial charge in [0.2, 0.25) is 5.91 Å². The maximum Gasteiger partial charge on any atom is 0.246 e. The summed E-state index contributed by atoms with van der Waals surface area (Å²) in [5, 5.41) is 3.63. The number of allylic oxidation sites excluding steroid dienone is 3. The van der Waals surface area contributed by atoms with Gasteiger partial charge in [-0.15, -0.1) is 0 Å². The van der Waals surface area contributed by atoms with E-state index in [1.165, 1.54) is 19.4 Å². The topological polar surface area (TPSA) is 32.3 Å². The molecule has 2 fully saturated rings. The molecule has 3 heteroatoms. The predicted octanol–water partition coefficient (Wildman–Crippen LogP) is 2.11. The van der Waals surface area contributed by atoms with Crippen molar-refractivity contribution in [2.24, 2.45) is 5.92 Å². The van der Waals surface area contributed by atoms with Crippen LogP contribution in [0.2, 0.25) is 0 Å². The lowest BCUT2D eigenvalue weighted by molar-refractivity contribution is -0.127. The zero-order valence-corrected chi connectivity index (χ0v) is 11.3. The molecule has 0 bridgehead atoms. The average Bonchev–Trinajstić information content (AvgIpc) is 3.21. The maximum absolute atomic E-state index is 11.8. The Morgan fingerprint density at radius 1 is 1.22 bits per heavy atom. The normalized spacial score (nSPS) is 22.2. The van der Waals surface area contributed by atoms with Gasteiger partial charge in [-0.3, -0.25) is 4.79 Å². The molecular weight excluding hydrogens is 224 g/mol. The molecule has 2 aliphatic rings. The van der Waals surface area contributed by atoms with Crippen LogP contribution < -0.4 is 5.32 Å². The summed E-state index contributed by atoms with van der Waals surface area (Å²) < 4.78 is 0. The molecular formula is C15H24N2O. The summed E-state index contributed by atoms with van der Waals surface area (Å²) in [6.45, 7) is 4.91. The van der Waals surface area contributed by atoms with Gasteiger partial charge in [0.25, 0.3) is 0 Å². The number of rotatable bonds is 5. The van der Waals surface area contributed by atoms with Crippen LogP contribution in [0.1, 0.15) is 32.6 Å². The van der Waals surface area contributed by atoms with Crippen LogP contribution in [0.3, 0.4) is 0 Å². The van der Waals surface area contributed by atoms with E-state index in [1.54, 1.807) is 6.08 Å². The molecule has 1 heterocycles. The molecule has 3 nitrogen and oxygen atoms in total. The Morgan fingerprint density at radius 3 is 2.56 bits per heavy atom. The van der Waals surface area contributed by atoms with Crippen molar-refractivity contribution in [1.82, 2.24) is 10.2 Å². The molecule has 1 aliphatic carbocycles. The highest BCUT2D eigenvalue weighted by atomic mass is 16.2. The van der Waals surface area contributed by atoms with Crippen LogP contribution in [0.15, 0.2) is 24.3 Å². The summed E-state index contributed by atoms with van der Waals surface area (Å²) in [4.78, 5) is 13.8. The molecule has 0 aromatic carbocycles. The Labute approximate surface area is 110 Å². The number of piperidine rings is 1. The van der Waals surface area contributed by atoms with E-state index in [0.29, 0.717) is 6.04 Å². The molecule has 0 aromatic rings. The van der Waals surface area contributed by atoms with Gasteiger partial charge in [0, 0.05) is 25.2 Å². The largest absolute Gasteiger partial charge is 0.339 e. The second-order valence-electron chi connectivity index (χ2n) is 5.34. The van der Waals surface area contributed by atoms with E-state index in [1.807, 2.05) is 30.1 Å². The molecule has 2 rings (SSSR count). The van der Waals surface area contributed by atoms with Crippen LogP contribution in [-0.4, -0.2) is 36.5 Å². The molecule has 0 atom stereocenters. The van der Waals surface area contributed by atoms with Gasteiger partial charge < -0.3 is 10.2 Å². The number of likely N-dealkylation sites (tertiary alicyclic amines) is 1. The van der Waals surface area contributed by atoms with Crippen LogP contribution in [-0.2, 0) is 4.79 Å². The smallest absolute Gasteiger partial charge is 0.246 e. The number of amides is 1. The van der Waals surface area contributed by atoms with Gasteiger partial charge in [-0.2, -0.15) is 0 Å². The lowest BCUT2D eigenvalue weighted by Gasteiger charge is -2.32. The third-order valence-electron chi connectivity index (χ3n) is 3.74. The third-order valence-corrected chi connectivity index (χ3v) is 3.74. The van der Waals surface area contributed by atoms with E-state index in [4.69, 9.17) is 0 Å². The molecule has 1 aliphatic heterocycles. The summed E-state index contributed by atoms with van der Waals surface area (Å²) >= 11 is 0. The highest BCUT2D eigenvalue weighted by Crippen LogP contribution is 2.28. The molecule has 0 radical (unpaired) electrons. The molecule has 18 heavy (non-hydrogen) atoms. The fourth-order valence-corrected chi connectivity index (χ4v) is 2.31. The van der Waals surface area contributed by atoms with Gasteiger partial charge in [0.05, 0.1) is 0 Å².